The lowest BCUT2D eigenvalue weighted by molar-refractivity contribution is -0.539. The van der Waals surface area contributed by atoms with E-state index in [2.05, 4.69) is 39.5 Å². The second-order valence-electron chi connectivity index (χ2n) is 8.94. The molecule has 0 aromatic heterocycles. The average molecular weight is 424 g/mol. The zero-order valence-electron chi connectivity index (χ0n) is 18.5. The maximum absolute atomic E-state index is 13.5. The van der Waals surface area contributed by atoms with E-state index in [0.29, 0.717) is 12.4 Å². The van der Waals surface area contributed by atoms with Gasteiger partial charge in [-0.25, -0.2) is 14.3 Å². The Labute approximate surface area is 183 Å². The highest BCUT2D eigenvalue weighted by Crippen LogP contribution is 2.27. The van der Waals surface area contributed by atoms with E-state index in [1.165, 1.54) is 29.7 Å². The van der Waals surface area contributed by atoms with Crippen LogP contribution in [-0.2, 0) is 4.79 Å². The highest BCUT2D eigenvalue weighted by atomic mass is 16.2. The first-order chi connectivity index (χ1) is 15.0. The van der Waals surface area contributed by atoms with Crippen LogP contribution in [-0.4, -0.2) is 95.4 Å². The third-order valence-electron chi connectivity index (χ3n) is 6.81. The van der Waals surface area contributed by atoms with Crippen molar-refractivity contribution in [2.75, 3.05) is 51.2 Å². The second-order valence-corrected chi connectivity index (χ2v) is 8.94. The number of amidine groups is 1. The molecule has 1 aromatic carbocycles. The Bertz CT molecular complexity index is 965. The van der Waals surface area contributed by atoms with Crippen molar-refractivity contribution in [2.24, 2.45) is 4.99 Å². The zero-order valence-corrected chi connectivity index (χ0v) is 18.5. The molecule has 4 aliphatic heterocycles. The molecular formula is C23H31N6O2+. The highest BCUT2D eigenvalue weighted by Gasteiger charge is 2.54. The Hall–Kier alpha value is -2.74. The second kappa shape index (κ2) is 8.07. The van der Waals surface area contributed by atoms with E-state index in [1.807, 2.05) is 6.07 Å². The number of carbonyl (C=O) groups excluding carboxylic acids is 2. The first-order valence-corrected chi connectivity index (χ1v) is 11.4. The molecule has 0 bridgehead atoms. The molecule has 0 aliphatic carbocycles. The van der Waals surface area contributed by atoms with Crippen molar-refractivity contribution >= 4 is 29.4 Å². The molecule has 1 aromatic rings. The van der Waals surface area contributed by atoms with Gasteiger partial charge in [-0.1, -0.05) is 23.5 Å². The SMILES string of the molecule is Cc1cccc(N2CCC[N+]3=C2N=C2C3C(=O)N(CCN3CCCCC3)C(=O)N2C)c1. The molecule has 0 saturated carbocycles. The van der Waals surface area contributed by atoms with Crippen molar-refractivity contribution in [1.29, 1.82) is 0 Å². The fourth-order valence-corrected chi connectivity index (χ4v) is 5.12. The first kappa shape index (κ1) is 20.2. The van der Waals surface area contributed by atoms with Crippen molar-refractivity contribution in [2.45, 2.75) is 38.6 Å². The number of aliphatic imine (C=N–C) groups is 1. The highest BCUT2D eigenvalue weighted by molar-refractivity contribution is 6.24. The fraction of sp³-hybridized carbons (Fsp3) is 0.565. The van der Waals surface area contributed by atoms with E-state index in [0.717, 1.165) is 50.8 Å². The summed E-state index contributed by atoms with van der Waals surface area (Å²) < 4.78 is 2.08. The van der Waals surface area contributed by atoms with E-state index < -0.39 is 6.04 Å². The number of amides is 3. The van der Waals surface area contributed by atoms with Crippen LogP contribution < -0.4 is 4.90 Å². The number of guanidine groups is 1. The van der Waals surface area contributed by atoms with E-state index in [1.54, 1.807) is 11.9 Å². The average Bonchev–Trinajstić information content (AvgIpc) is 3.18. The van der Waals surface area contributed by atoms with E-state index in [4.69, 9.17) is 4.99 Å². The number of carbonyl (C=O) groups is 2. The number of likely N-dealkylation sites (N-methyl/N-ethyl adjacent to an activating group) is 1. The Morgan fingerprint density at radius 3 is 2.65 bits per heavy atom. The summed E-state index contributed by atoms with van der Waals surface area (Å²) in [5.74, 6) is 1.20. The Morgan fingerprint density at radius 1 is 1.06 bits per heavy atom. The number of hydrogen-bond acceptors (Lipinski definition) is 5. The van der Waals surface area contributed by atoms with Crippen LogP contribution in [0.4, 0.5) is 10.5 Å². The zero-order chi connectivity index (χ0) is 21.5. The van der Waals surface area contributed by atoms with Gasteiger partial charge in [0.15, 0.2) is 0 Å². The van der Waals surface area contributed by atoms with Crippen molar-refractivity contribution < 1.29 is 14.2 Å². The minimum atomic E-state index is -0.508. The molecule has 5 rings (SSSR count). The molecule has 3 amide bonds. The van der Waals surface area contributed by atoms with Crippen molar-refractivity contribution in [3.63, 3.8) is 0 Å². The predicted octanol–water partition coefficient (Wildman–Crippen LogP) is 1.73. The van der Waals surface area contributed by atoms with Gasteiger partial charge < -0.3 is 4.90 Å². The van der Waals surface area contributed by atoms with Crippen LogP contribution in [0.2, 0.25) is 0 Å². The number of piperidine rings is 1. The quantitative estimate of drug-likeness (QED) is 0.692. The lowest BCUT2D eigenvalue weighted by Gasteiger charge is -2.36. The summed E-state index contributed by atoms with van der Waals surface area (Å²) in [6.07, 6.45) is 4.60. The van der Waals surface area contributed by atoms with Crippen molar-refractivity contribution in [1.82, 2.24) is 14.7 Å². The number of benzene rings is 1. The van der Waals surface area contributed by atoms with E-state index in [-0.39, 0.29) is 11.9 Å². The number of rotatable bonds is 4. The predicted molar refractivity (Wildman–Crippen MR) is 120 cm³/mol. The molecule has 2 saturated heterocycles. The smallest absolute Gasteiger partial charge is 0.302 e. The Balaban J connectivity index is 1.42. The number of fused-ring (bicyclic) bond motifs is 2. The number of urea groups is 1. The van der Waals surface area contributed by atoms with Gasteiger partial charge in [0.05, 0.1) is 13.1 Å². The molecular weight excluding hydrogens is 392 g/mol. The maximum atomic E-state index is 13.5. The summed E-state index contributed by atoms with van der Waals surface area (Å²) in [6.45, 7) is 6.99. The molecule has 31 heavy (non-hydrogen) atoms. The molecule has 4 aliphatic rings. The van der Waals surface area contributed by atoms with Crippen LogP contribution in [0.15, 0.2) is 29.3 Å². The third kappa shape index (κ3) is 3.52. The van der Waals surface area contributed by atoms with E-state index in [9.17, 15) is 9.59 Å². The number of aryl methyl sites for hydroxylation is 1. The van der Waals surface area contributed by atoms with Gasteiger partial charge in [0.25, 0.3) is 5.91 Å². The Kier molecular flexibility index (Phi) is 5.25. The van der Waals surface area contributed by atoms with Gasteiger partial charge in [-0.15, -0.1) is 0 Å². The van der Waals surface area contributed by atoms with Gasteiger partial charge in [0, 0.05) is 26.6 Å². The Morgan fingerprint density at radius 2 is 1.87 bits per heavy atom. The van der Waals surface area contributed by atoms with Gasteiger partial charge >= 0.3 is 12.0 Å². The lowest BCUT2D eigenvalue weighted by Crippen LogP contribution is -2.64. The molecule has 164 valence electrons. The fourth-order valence-electron chi connectivity index (χ4n) is 5.12. The maximum Gasteiger partial charge on any atom is 0.397 e. The number of hydrogen-bond donors (Lipinski definition) is 0. The minimum absolute atomic E-state index is 0.139. The monoisotopic (exact) mass is 423 g/mol. The number of anilines is 1. The van der Waals surface area contributed by atoms with Gasteiger partial charge in [-0.2, -0.15) is 0 Å². The topological polar surface area (TPSA) is 62.5 Å². The minimum Gasteiger partial charge on any atom is -0.302 e. The lowest BCUT2D eigenvalue weighted by atomic mass is 10.1. The largest absolute Gasteiger partial charge is 0.397 e. The number of imide groups is 1. The molecule has 0 N–H and O–H groups in total. The van der Waals surface area contributed by atoms with E-state index >= 15 is 0 Å². The summed E-state index contributed by atoms with van der Waals surface area (Å²) in [5.41, 5.74) is 2.26. The molecule has 0 radical (unpaired) electrons. The van der Waals surface area contributed by atoms with Crippen LogP contribution in [0.25, 0.3) is 0 Å². The summed E-state index contributed by atoms with van der Waals surface area (Å²) in [6, 6.07) is 7.56. The molecule has 0 spiro atoms. The molecule has 1 atom stereocenters. The van der Waals surface area contributed by atoms with Crippen LogP contribution in [0, 0.1) is 6.92 Å². The normalized spacial score (nSPS) is 24.5. The number of likely N-dealkylation sites (tertiary alicyclic amines) is 1. The first-order valence-electron chi connectivity index (χ1n) is 11.4. The summed E-state index contributed by atoms with van der Waals surface area (Å²) in [5, 5.41) is 0. The molecule has 2 fully saturated rings. The van der Waals surface area contributed by atoms with Gasteiger partial charge in [-0.05, 0) is 50.6 Å². The van der Waals surface area contributed by atoms with Crippen LogP contribution >= 0.6 is 0 Å². The van der Waals surface area contributed by atoms with Crippen LogP contribution in [0.3, 0.4) is 0 Å². The molecule has 1 unspecified atom stereocenters. The summed E-state index contributed by atoms with van der Waals surface area (Å²) in [7, 11) is 1.74. The third-order valence-corrected chi connectivity index (χ3v) is 6.81. The molecule has 8 heteroatoms. The van der Waals surface area contributed by atoms with Crippen LogP contribution in [0.5, 0.6) is 0 Å². The van der Waals surface area contributed by atoms with Gasteiger partial charge in [-0.3, -0.25) is 14.6 Å². The summed E-state index contributed by atoms with van der Waals surface area (Å²) >= 11 is 0. The van der Waals surface area contributed by atoms with Crippen molar-refractivity contribution in [3.05, 3.63) is 29.8 Å². The summed E-state index contributed by atoms with van der Waals surface area (Å²) in [4.78, 5) is 38.9. The molecule has 4 heterocycles. The van der Waals surface area contributed by atoms with Crippen molar-refractivity contribution in [3.8, 4) is 0 Å². The molecule has 8 nitrogen and oxygen atoms in total. The van der Waals surface area contributed by atoms with Gasteiger partial charge in [0.1, 0.15) is 5.69 Å². The van der Waals surface area contributed by atoms with Gasteiger partial charge in [0.2, 0.25) is 11.9 Å². The number of nitrogens with zero attached hydrogens (tertiary/aromatic N) is 6. The standard InChI is InChI=1S/C23H31N6O2/c1-17-8-6-9-18(16-17)27-12-7-13-28-19-20(24-22(27)28)25(2)23(31)29(21(19)30)15-14-26-10-4-3-5-11-26/h6,8-9,16,19H,3-5,7,10-15H2,1-2H3/q+1. The van der Waals surface area contributed by atoms with Crippen LogP contribution in [0.1, 0.15) is 31.2 Å².